The second-order valence-corrected chi connectivity index (χ2v) is 6.73. The van der Waals surface area contributed by atoms with E-state index in [0.29, 0.717) is 5.84 Å². The fraction of sp³-hybridized carbons (Fsp3) is 0.889. The molecule has 0 heterocycles. The van der Waals surface area contributed by atoms with Crippen LogP contribution in [0.1, 0.15) is 27.7 Å². The smallest absolute Gasteiger partial charge is 0.151 e. The van der Waals surface area contributed by atoms with Crippen LogP contribution in [0.2, 0.25) is 0 Å². The molecule has 0 rings (SSSR count). The number of rotatable bonds is 4. The van der Waals surface area contributed by atoms with Crippen LogP contribution in [-0.2, 0) is 9.84 Å². The molecule has 0 spiro atoms. The van der Waals surface area contributed by atoms with Crippen LogP contribution in [-0.4, -0.2) is 32.3 Å². The third-order valence-corrected chi connectivity index (χ3v) is 3.58. The van der Waals surface area contributed by atoms with Gasteiger partial charge in [-0.25, -0.2) is 8.42 Å². The highest BCUT2D eigenvalue weighted by Gasteiger charge is 2.15. The number of aliphatic imine (C=N–C) groups is 1. The van der Waals surface area contributed by atoms with Crippen LogP contribution in [0.3, 0.4) is 0 Å². The highest BCUT2D eigenvalue weighted by atomic mass is 32.2. The molecule has 0 saturated carbocycles. The second kappa shape index (κ2) is 4.77. The van der Waals surface area contributed by atoms with Gasteiger partial charge in [0.05, 0.1) is 18.1 Å². The van der Waals surface area contributed by atoms with Gasteiger partial charge in [-0.3, -0.25) is 4.99 Å². The lowest BCUT2D eigenvalue weighted by atomic mass is 9.95. The van der Waals surface area contributed by atoms with E-state index in [0.717, 1.165) is 0 Å². The van der Waals surface area contributed by atoms with Crippen LogP contribution >= 0.6 is 0 Å². The summed E-state index contributed by atoms with van der Waals surface area (Å²) >= 11 is 0. The molecule has 4 nitrogen and oxygen atoms in total. The quantitative estimate of drug-likeness (QED) is 0.563. The van der Waals surface area contributed by atoms with Crippen molar-refractivity contribution in [2.75, 3.05) is 18.1 Å². The van der Waals surface area contributed by atoms with E-state index in [9.17, 15) is 8.42 Å². The summed E-state index contributed by atoms with van der Waals surface area (Å²) < 4.78 is 22.2. The topological polar surface area (TPSA) is 72.5 Å². The van der Waals surface area contributed by atoms with Crippen molar-refractivity contribution < 1.29 is 8.42 Å². The minimum absolute atomic E-state index is 0.0836. The number of hydrogen-bond donors (Lipinski definition) is 1. The lowest BCUT2D eigenvalue weighted by Gasteiger charge is -2.17. The molecule has 0 aliphatic rings. The maximum atomic E-state index is 11.1. The van der Waals surface area contributed by atoms with E-state index < -0.39 is 9.84 Å². The maximum absolute atomic E-state index is 11.1. The first kappa shape index (κ1) is 13.4. The van der Waals surface area contributed by atoms with Gasteiger partial charge in [-0.15, -0.1) is 0 Å². The van der Waals surface area contributed by atoms with Crippen molar-refractivity contribution in [1.82, 2.24) is 0 Å². The molecule has 2 N–H and O–H groups in total. The normalized spacial score (nSPS) is 14.4. The number of hydrogen-bond acceptors (Lipinski definition) is 3. The Balaban J connectivity index is 4.21. The minimum Gasteiger partial charge on any atom is -0.387 e. The van der Waals surface area contributed by atoms with E-state index in [1.807, 2.05) is 20.8 Å². The zero-order valence-electron chi connectivity index (χ0n) is 9.37. The fourth-order valence-electron chi connectivity index (χ4n) is 0.687. The van der Waals surface area contributed by atoms with Crippen LogP contribution < -0.4 is 5.73 Å². The molecule has 0 aromatic heterocycles. The molecule has 84 valence electrons. The standard InChI is InChI=1S/C9H20N2O2S/c1-5-14(12,13)7-6-11-8(10)9(2,3)4/h5-7H2,1-4H3,(H2,10,11). The predicted molar refractivity (Wildman–Crippen MR) is 60.3 cm³/mol. The molecule has 0 atom stereocenters. The summed E-state index contributed by atoms with van der Waals surface area (Å²) in [5.41, 5.74) is 5.49. The van der Waals surface area contributed by atoms with Crippen molar-refractivity contribution >= 4 is 15.7 Å². The van der Waals surface area contributed by atoms with Crippen LogP contribution in [0.5, 0.6) is 0 Å². The van der Waals surface area contributed by atoms with Gasteiger partial charge in [-0.05, 0) is 0 Å². The molecule has 0 saturated heterocycles. The zero-order chi connectivity index (χ0) is 11.4. The molecule has 0 aliphatic heterocycles. The first-order valence-corrected chi connectivity index (χ1v) is 6.52. The number of nitrogens with two attached hydrogens (primary N) is 1. The van der Waals surface area contributed by atoms with Gasteiger partial charge in [-0.2, -0.15) is 0 Å². The first-order valence-electron chi connectivity index (χ1n) is 4.70. The van der Waals surface area contributed by atoms with Gasteiger partial charge in [0.15, 0.2) is 9.84 Å². The molecule has 0 fully saturated rings. The molecule has 0 radical (unpaired) electrons. The van der Waals surface area contributed by atoms with E-state index in [4.69, 9.17) is 5.73 Å². The molecule has 5 heteroatoms. The van der Waals surface area contributed by atoms with Crippen molar-refractivity contribution in [2.24, 2.45) is 16.1 Å². The van der Waals surface area contributed by atoms with Gasteiger partial charge in [0.25, 0.3) is 0 Å². The third kappa shape index (κ3) is 5.21. The van der Waals surface area contributed by atoms with Crippen LogP contribution in [0, 0.1) is 5.41 Å². The largest absolute Gasteiger partial charge is 0.387 e. The Morgan fingerprint density at radius 1 is 1.36 bits per heavy atom. The Kier molecular flexibility index (Phi) is 4.58. The van der Waals surface area contributed by atoms with E-state index >= 15 is 0 Å². The average molecular weight is 220 g/mol. The van der Waals surface area contributed by atoms with Crippen LogP contribution in [0.15, 0.2) is 4.99 Å². The van der Waals surface area contributed by atoms with E-state index in [2.05, 4.69) is 4.99 Å². The van der Waals surface area contributed by atoms with Crippen LogP contribution in [0.4, 0.5) is 0 Å². The number of sulfone groups is 1. The summed E-state index contributed by atoms with van der Waals surface area (Å²) in [6.45, 7) is 7.73. The van der Waals surface area contributed by atoms with E-state index in [1.54, 1.807) is 6.92 Å². The van der Waals surface area contributed by atoms with Gasteiger partial charge >= 0.3 is 0 Å². The molecule has 0 amide bonds. The van der Waals surface area contributed by atoms with Gasteiger partial charge in [0.2, 0.25) is 0 Å². The summed E-state index contributed by atoms with van der Waals surface area (Å²) in [7, 11) is -2.92. The summed E-state index contributed by atoms with van der Waals surface area (Å²) in [6.07, 6.45) is 0. The number of amidine groups is 1. The fourth-order valence-corrected chi connectivity index (χ4v) is 1.34. The number of nitrogens with zero attached hydrogens (tertiary/aromatic N) is 1. The molecule has 14 heavy (non-hydrogen) atoms. The van der Waals surface area contributed by atoms with Gasteiger partial charge < -0.3 is 5.73 Å². The summed E-state index contributed by atoms with van der Waals surface area (Å²) in [5.74, 6) is 0.752. The Morgan fingerprint density at radius 2 is 1.86 bits per heavy atom. The highest BCUT2D eigenvalue weighted by molar-refractivity contribution is 7.91. The van der Waals surface area contributed by atoms with Crippen LogP contribution in [0.25, 0.3) is 0 Å². The van der Waals surface area contributed by atoms with Gasteiger partial charge in [0.1, 0.15) is 0 Å². The van der Waals surface area contributed by atoms with Gasteiger partial charge in [0, 0.05) is 11.2 Å². The molecule has 0 bridgehead atoms. The van der Waals surface area contributed by atoms with Crippen molar-refractivity contribution in [1.29, 1.82) is 0 Å². The highest BCUT2D eigenvalue weighted by Crippen LogP contribution is 2.12. The van der Waals surface area contributed by atoms with Crippen molar-refractivity contribution in [2.45, 2.75) is 27.7 Å². The predicted octanol–water partition coefficient (Wildman–Crippen LogP) is 0.824. The molecule has 0 aromatic rings. The van der Waals surface area contributed by atoms with E-state index in [1.165, 1.54) is 0 Å². The lowest BCUT2D eigenvalue weighted by Crippen LogP contribution is -2.29. The zero-order valence-corrected chi connectivity index (χ0v) is 10.2. The summed E-state index contributed by atoms with van der Waals surface area (Å²) in [6, 6.07) is 0. The summed E-state index contributed by atoms with van der Waals surface area (Å²) in [4.78, 5) is 4.04. The Bertz CT molecular complexity index is 299. The maximum Gasteiger partial charge on any atom is 0.151 e. The molecule has 0 aromatic carbocycles. The van der Waals surface area contributed by atoms with Crippen molar-refractivity contribution in [3.8, 4) is 0 Å². The summed E-state index contributed by atoms with van der Waals surface area (Å²) in [5, 5.41) is 0. The monoisotopic (exact) mass is 220 g/mol. The minimum atomic E-state index is -2.92. The Hall–Kier alpha value is -0.580. The molecule has 0 unspecified atom stereocenters. The second-order valence-electron chi connectivity index (χ2n) is 4.25. The Labute approximate surface area is 86.5 Å². The average Bonchev–Trinajstić information content (AvgIpc) is 2.02. The van der Waals surface area contributed by atoms with E-state index in [-0.39, 0.29) is 23.5 Å². The molecular formula is C9H20N2O2S. The lowest BCUT2D eigenvalue weighted by molar-refractivity contribution is 0.580. The van der Waals surface area contributed by atoms with Crippen molar-refractivity contribution in [3.05, 3.63) is 0 Å². The molecular weight excluding hydrogens is 200 g/mol. The molecule has 0 aliphatic carbocycles. The third-order valence-electron chi connectivity index (χ3n) is 1.89. The first-order chi connectivity index (χ1) is 6.19. The van der Waals surface area contributed by atoms with Gasteiger partial charge in [-0.1, -0.05) is 27.7 Å². The SMILES string of the molecule is CCS(=O)(=O)CCN=C(N)C(C)(C)C. The van der Waals surface area contributed by atoms with Crippen molar-refractivity contribution in [3.63, 3.8) is 0 Å². The Morgan fingerprint density at radius 3 is 2.21 bits per heavy atom.